The molecule has 6 atom stereocenters. The number of rotatable bonds is 17. The van der Waals surface area contributed by atoms with Gasteiger partial charge in [0.05, 0.1) is 24.8 Å². The van der Waals surface area contributed by atoms with E-state index in [4.69, 9.17) is 14.6 Å². The Morgan fingerprint density at radius 1 is 0.804 bits per heavy atom. The molecule has 0 spiro atoms. The lowest BCUT2D eigenvalue weighted by atomic mass is 9.86. The predicted octanol–water partition coefficient (Wildman–Crippen LogP) is 2.34. The van der Waals surface area contributed by atoms with Crippen LogP contribution in [0.2, 0.25) is 0 Å². The van der Waals surface area contributed by atoms with Crippen LogP contribution in [-0.4, -0.2) is 99.4 Å². The molecule has 1 aliphatic heterocycles. The summed E-state index contributed by atoms with van der Waals surface area (Å²) in [5.41, 5.74) is 2.37. The van der Waals surface area contributed by atoms with Crippen molar-refractivity contribution in [1.29, 1.82) is 0 Å². The highest BCUT2D eigenvalue weighted by Gasteiger charge is 2.56. The Balaban J connectivity index is 1.54. The quantitative estimate of drug-likeness (QED) is 0.101. The zero-order valence-corrected chi connectivity index (χ0v) is 28.1. The molecule has 3 aromatic carbocycles. The summed E-state index contributed by atoms with van der Waals surface area (Å²) in [6.45, 7) is 0.519. The molecule has 0 saturated carbocycles. The second kappa shape index (κ2) is 18.2. The molecular formula is C37H43N3O11. The van der Waals surface area contributed by atoms with Crippen LogP contribution in [0.5, 0.6) is 0 Å². The topological polar surface area (TPSA) is 221 Å². The normalized spacial score (nSPS) is 21.1. The molecule has 0 aliphatic carbocycles. The number of hydrogen-bond acceptors (Lipinski definition) is 9. The molecule has 1 aliphatic rings. The maximum atomic E-state index is 13.3. The van der Waals surface area contributed by atoms with E-state index in [-0.39, 0.29) is 30.6 Å². The van der Waals surface area contributed by atoms with Gasteiger partial charge >= 0.3 is 11.9 Å². The summed E-state index contributed by atoms with van der Waals surface area (Å²) in [5, 5.41) is 49.8. The molecule has 3 amide bonds. The molecule has 14 heteroatoms. The minimum Gasteiger partial charge on any atom is -0.481 e. The standard InChI is InChI=1S/C37H43N3O11/c1-23(41)39-31-28(40-35(47)26-13-7-3-8-14-26)21-37(36(48)49,50-20-10-4-9-15-30(43)44)51-33(31)32(45)29(42)22-38-34(46)27-18-16-25(17-19-27)24-11-5-2-6-12-24/h2-3,5-8,11-14,16-19,28-29,31-33,42,45H,4,9-10,15,20-22H2,1H3,(H,38,46)(H,39,41)(H,40,47)(H,43,44)(H,48,49)/t28-,29+,31+,32+,33+,37+/m0/s1. The van der Waals surface area contributed by atoms with E-state index in [0.717, 1.165) is 11.1 Å². The van der Waals surface area contributed by atoms with Gasteiger partial charge in [-0.15, -0.1) is 0 Å². The highest BCUT2D eigenvalue weighted by Crippen LogP contribution is 2.34. The van der Waals surface area contributed by atoms with Crippen molar-refractivity contribution in [3.63, 3.8) is 0 Å². The van der Waals surface area contributed by atoms with Crippen LogP contribution >= 0.6 is 0 Å². The average molecular weight is 706 g/mol. The molecule has 0 radical (unpaired) electrons. The SMILES string of the molecule is CC(=O)N[C@H]1[C@H]([C@H](O)[C@H](O)CNC(=O)c2ccc(-c3ccccc3)cc2)O[C@@](OCCCCCC(=O)O)(C(=O)O)C[C@@H]1NC(=O)c1ccccc1. The zero-order chi connectivity index (χ0) is 37.0. The highest BCUT2D eigenvalue weighted by molar-refractivity contribution is 5.95. The molecule has 0 bridgehead atoms. The first-order chi connectivity index (χ1) is 24.4. The van der Waals surface area contributed by atoms with Gasteiger partial charge in [0.15, 0.2) is 0 Å². The Hall–Kier alpha value is -5.15. The number of carboxylic acid groups (broad SMARTS) is 2. The van der Waals surface area contributed by atoms with Gasteiger partial charge in [-0.25, -0.2) is 4.79 Å². The summed E-state index contributed by atoms with van der Waals surface area (Å²) in [6.07, 6.45) is -4.87. The summed E-state index contributed by atoms with van der Waals surface area (Å²) in [7, 11) is 0. The van der Waals surface area contributed by atoms with Crippen molar-refractivity contribution in [2.75, 3.05) is 13.2 Å². The van der Waals surface area contributed by atoms with Crippen LogP contribution < -0.4 is 16.0 Å². The van der Waals surface area contributed by atoms with E-state index in [1.807, 2.05) is 30.3 Å². The molecular weight excluding hydrogens is 662 g/mol. The summed E-state index contributed by atoms with van der Waals surface area (Å²) >= 11 is 0. The summed E-state index contributed by atoms with van der Waals surface area (Å²) < 4.78 is 11.7. The van der Waals surface area contributed by atoms with E-state index in [1.54, 1.807) is 42.5 Å². The Morgan fingerprint density at radius 2 is 1.41 bits per heavy atom. The number of unbranched alkanes of at least 4 members (excludes halogenated alkanes) is 2. The molecule has 14 nitrogen and oxygen atoms in total. The van der Waals surface area contributed by atoms with E-state index in [2.05, 4.69) is 16.0 Å². The Labute approximate surface area is 294 Å². The molecule has 0 unspecified atom stereocenters. The van der Waals surface area contributed by atoms with Crippen LogP contribution in [0.15, 0.2) is 84.9 Å². The third kappa shape index (κ3) is 10.7. The van der Waals surface area contributed by atoms with Crippen LogP contribution in [0.1, 0.15) is 59.7 Å². The number of amides is 3. The van der Waals surface area contributed by atoms with Gasteiger partial charge in [-0.1, -0.05) is 67.1 Å². The minimum absolute atomic E-state index is 0.0751. The molecule has 1 saturated heterocycles. The first kappa shape index (κ1) is 38.6. The zero-order valence-electron chi connectivity index (χ0n) is 28.1. The van der Waals surface area contributed by atoms with Gasteiger partial charge in [0, 0.05) is 37.4 Å². The predicted molar refractivity (Wildman–Crippen MR) is 183 cm³/mol. The number of carbonyl (C=O) groups excluding carboxylic acids is 3. The molecule has 0 aromatic heterocycles. The fourth-order valence-corrected chi connectivity index (χ4v) is 5.84. The number of aliphatic hydroxyl groups is 2. The van der Waals surface area contributed by atoms with E-state index < -0.39 is 78.8 Å². The lowest BCUT2D eigenvalue weighted by Gasteiger charge is -2.48. The van der Waals surface area contributed by atoms with Crippen LogP contribution in [0.25, 0.3) is 11.1 Å². The lowest BCUT2D eigenvalue weighted by Crippen LogP contribution is -2.71. The maximum absolute atomic E-state index is 13.3. The van der Waals surface area contributed by atoms with Crippen molar-refractivity contribution in [2.24, 2.45) is 0 Å². The first-order valence-electron chi connectivity index (χ1n) is 16.6. The van der Waals surface area contributed by atoms with Gasteiger partial charge in [0.25, 0.3) is 17.6 Å². The molecule has 1 fully saturated rings. The lowest BCUT2D eigenvalue weighted by molar-refractivity contribution is -0.300. The van der Waals surface area contributed by atoms with Crippen molar-refractivity contribution >= 4 is 29.7 Å². The van der Waals surface area contributed by atoms with Gasteiger partial charge in [0.2, 0.25) is 5.91 Å². The summed E-state index contributed by atoms with van der Waals surface area (Å²) in [5.74, 6) is -6.77. The number of benzene rings is 3. The highest BCUT2D eigenvalue weighted by atomic mass is 16.7. The average Bonchev–Trinajstić information content (AvgIpc) is 3.12. The Morgan fingerprint density at radius 3 is 2.02 bits per heavy atom. The van der Waals surface area contributed by atoms with Crippen molar-refractivity contribution in [3.05, 3.63) is 96.1 Å². The largest absolute Gasteiger partial charge is 0.481 e. The molecule has 51 heavy (non-hydrogen) atoms. The van der Waals surface area contributed by atoms with E-state index >= 15 is 0 Å². The molecule has 3 aromatic rings. The van der Waals surface area contributed by atoms with Crippen molar-refractivity contribution in [1.82, 2.24) is 16.0 Å². The van der Waals surface area contributed by atoms with Crippen LogP contribution in [0, 0.1) is 0 Å². The summed E-state index contributed by atoms with van der Waals surface area (Å²) in [6, 6.07) is 21.9. The first-order valence-corrected chi connectivity index (χ1v) is 16.6. The number of carbonyl (C=O) groups is 5. The fourth-order valence-electron chi connectivity index (χ4n) is 5.84. The number of carboxylic acids is 2. The van der Waals surface area contributed by atoms with Crippen LogP contribution in [0.4, 0.5) is 0 Å². The number of hydrogen-bond donors (Lipinski definition) is 7. The molecule has 1 heterocycles. The third-order valence-electron chi connectivity index (χ3n) is 8.48. The minimum atomic E-state index is -2.45. The van der Waals surface area contributed by atoms with E-state index in [1.165, 1.54) is 19.1 Å². The number of nitrogens with one attached hydrogen (secondary N) is 3. The second-order valence-electron chi connectivity index (χ2n) is 12.3. The Bertz CT molecular complexity index is 1640. The monoisotopic (exact) mass is 705 g/mol. The Kier molecular flexibility index (Phi) is 13.8. The van der Waals surface area contributed by atoms with Gasteiger partial charge in [-0.05, 0) is 48.2 Å². The molecule has 7 N–H and O–H groups in total. The van der Waals surface area contributed by atoms with Crippen molar-refractivity contribution < 1.29 is 53.9 Å². The molecule has 4 rings (SSSR count). The van der Waals surface area contributed by atoms with E-state index in [0.29, 0.717) is 12.8 Å². The second-order valence-corrected chi connectivity index (χ2v) is 12.3. The van der Waals surface area contributed by atoms with Gasteiger partial charge < -0.3 is 45.9 Å². The smallest absolute Gasteiger partial charge is 0.364 e. The van der Waals surface area contributed by atoms with Crippen molar-refractivity contribution in [3.8, 4) is 11.1 Å². The number of aliphatic hydroxyl groups excluding tert-OH is 2. The van der Waals surface area contributed by atoms with Crippen LogP contribution in [0.3, 0.4) is 0 Å². The summed E-state index contributed by atoms with van der Waals surface area (Å²) in [4.78, 5) is 62.3. The third-order valence-corrected chi connectivity index (χ3v) is 8.48. The van der Waals surface area contributed by atoms with Gasteiger partial charge in [0.1, 0.15) is 12.2 Å². The van der Waals surface area contributed by atoms with Crippen molar-refractivity contribution in [2.45, 2.75) is 75.2 Å². The fraction of sp³-hybridized carbons (Fsp3) is 0.378. The maximum Gasteiger partial charge on any atom is 0.364 e. The molecule has 272 valence electrons. The number of ether oxygens (including phenoxy) is 2. The van der Waals surface area contributed by atoms with Gasteiger partial charge in [-0.3, -0.25) is 19.2 Å². The number of aliphatic carboxylic acids is 2. The van der Waals surface area contributed by atoms with Crippen LogP contribution in [-0.2, 0) is 23.9 Å². The van der Waals surface area contributed by atoms with Gasteiger partial charge in [-0.2, -0.15) is 0 Å². The van der Waals surface area contributed by atoms with E-state index in [9.17, 15) is 39.3 Å².